The number of hydrogen-bond acceptors (Lipinski definition) is 7. The third kappa shape index (κ3) is 5.96. The number of ether oxygens (including phenoxy) is 1. The Morgan fingerprint density at radius 1 is 1.09 bits per heavy atom. The van der Waals surface area contributed by atoms with E-state index < -0.39 is 4.92 Å². The van der Waals surface area contributed by atoms with Crippen LogP contribution >= 0.6 is 0 Å². The molecule has 8 heteroatoms. The minimum atomic E-state index is -0.418. The summed E-state index contributed by atoms with van der Waals surface area (Å²) in [5.41, 5.74) is 3.29. The van der Waals surface area contributed by atoms with E-state index in [1.807, 2.05) is 93.5 Å². The van der Waals surface area contributed by atoms with Crippen molar-refractivity contribution in [3.05, 3.63) is 87.5 Å². The van der Waals surface area contributed by atoms with Crippen molar-refractivity contribution in [3.8, 4) is 5.88 Å². The van der Waals surface area contributed by atoms with Crippen molar-refractivity contribution in [3.63, 3.8) is 0 Å². The smallest absolute Gasteiger partial charge is 0.336 e. The summed E-state index contributed by atoms with van der Waals surface area (Å²) in [7, 11) is 5.59. The van der Waals surface area contributed by atoms with E-state index in [-0.39, 0.29) is 17.7 Å². The van der Waals surface area contributed by atoms with Crippen LogP contribution < -0.4 is 10.1 Å². The summed E-state index contributed by atoms with van der Waals surface area (Å²) in [5.74, 6) is 0.428. The van der Waals surface area contributed by atoms with Gasteiger partial charge in [0.15, 0.2) is 5.82 Å². The standard InChI is InChI=1S/C26H31N5O3/c1-18(2)34-26-24(31(32)33)21(16-17-30(4)5)23(25(27-3)29-26)28-22(19-12-8-6-9-13-19)20-14-10-7-11-15-20/h6-15,18H,16-17H2,1-5H3,(H,27,29). The van der Waals surface area contributed by atoms with Gasteiger partial charge >= 0.3 is 5.69 Å². The van der Waals surface area contributed by atoms with Gasteiger partial charge in [-0.25, -0.2) is 4.99 Å². The van der Waals surface area contributed by atoms with Gasteiger partial charge in [-0.1, -0.05) is 60.7 Å². The van der Waals surface area contributed by atoms with Gasteiger partial charge in [0.2, 0.25) is 0 Å². The van der Waals surface area contributed by atoms with Gasteiger partial charge in [-0.15, -0.1) is 0 Å². The molecule has 8 nitrogen and oxygen atoms in total. The number of nitrogens with zero attached hydrogens (tertiary/aromatic N) is 4. The van der Waals surface area contributed by atoms with Crippen molar-refractivity contribution in [2.24, 2.45) is 4.99 Å². The first-order valence-corrected chi connectivity index (χ1v) is 11.2. The molecule has 2 aromatic carbocycles. The van der Waals surface area contributed by atoms with Gasteiger partial charge in [0.1, 0.15) is 5.69 Å². The molecule has 0 unspecified atom stereocenters. The lowest BCUT2D eigenvalue weighted by atomic mass is 10.0. The van der Waals surface area contributed by atoms with Crippen LogP contribution in [0.3, 0.4) is 0 Å². The third-order valence-electron chi connectivity index (χ3n) is 5.11. The van der Waals surface area contributed by atoms with Crippen molar-refractivity contribution < 1.29 is 9.66 Å². The molecule has 3 aromatic rings. The van der Waals surface area contributed by atoms with E-state index in [2.05, 4.69) is 10.3 Å². The molecule has 0 aliphatic rings. The molecule has 0 aliphatic heterocycles. The molecular formula is C26H31N5O3. The van der Waals surface area contributed by atoms with E-state index >= 15 is 0 Å². The molecule has 0 bridgehead atoms. The lowest BCUT2D eigenvalue weighted by Crippen LogP contribution is -2.18. The average Bonchev–Trinajstić information content (AvgIpc) is 2.81. The number of aliphatic imine (C=N–C) groups is 1. The van der Waals surface area contributed by atoms with E-state index in [9.17, 15) is 10.1 Å². The Kier molecular flexibility index (Phi) is 8.32. The molecule has 0 amide bonds. The van der Waals surface area contributed by atoms with Gasteiger partial charge in [-0.05, 0) is 34.4 Å². The number of pyridine rings is 1. The van der Waals surface area contributed by atoms with Gasteiger partial charge in [-0.2, -0.15) is 4.98 Å². The van der Waals surface area contributed by atoms with Crippen LogP contribution in [0.25, 0.3) is 0 Å². The van der Waals surface area contributed by atoms with E-state index in [4.69, 9.17) is 9.73 Å². The molecule has 3 rings (SSSR count). The van der Waals surface area contributed by atoms with Crippen molar-refractivity contribution in [2.75, 3.05) is 33.0 Å². The number of anilines is 1. The predicted molar refractivity (Wildman–Crippen MR) is 137 cm³/mol. The molecule has 1 N–H and O–H groups in total. The first-order valence-electron chi connectivity index (χ1n) is 11.2. The molecule has 0 saturated heterocycles. The van der Waals surface area contributed by atoms with Gasteiger partial charge in [0, 0.05) is 24.7 Å². The summed E-state index contributed by atoms with van der Waals surface area (Å²) in [4.78, 5) is 23.3. The minimum Gasteiger partial charge on any atom is -0.470 e. The van der Waals surface area contributed by atoms with E-state index in [0.717, 1.165) is 11.1 Å². The highest BCUT2D eigenvalue weighted by atomic mass is 16.6. The summed E-state index contributed by atoms with van der Waals surface area (Å²) in [5, 5.41) is 15.3. The lowest BCUT2D eigenvalue weighted by Gasteiger charge is -2.18. The van der Waals surface area contributed by atoms with E-state index in [1.165, 1.54) is 0 Å². The zero-order valence-electron chi connectivity index (χ0n) is 20.3. The summed E-state index contributed by atoms with van der Waals surface area (Å²) in [6.07, 6.45) is 0.140. The Morgan fingerprint density at radius 2 is 1.65 bits per heavy atom. The van der Waals surface area contributed by atoms with Crippen LogP contribution in [0.2, 0.25) is 0 Å². The second kappa shape index (κ2) is 11.4. The molecule has 0 saturated carbocycles. The predicted octanol–water partition coefficient (Wildman–Crippen LogP) is 5.09. The molecule has 1 aromatic heterocycles. The second-order valence-electron chi connectivity index (χ2n) is 8.36. The highest BCUT2D eigenvalue weighted by Crippen LogP contribution is 2.42. The number of aromatic nitrogens is 1. The highest BCUT2D eigenvalue weighted by Gasteiger charge is 2.30. The number of benzene rings is 2. The van der Waals surface area contributed by atoms with Crippen molar-refractivity contribution >= 4 is 22.9 Å². The summed E-state index contributed by atoms with van der Waals surface area (Å²) in [6.45, 7) is 4.24. The maximum Gasteiger partial charge on any atom is 0.336 e. The largest absolute Gasteiger partial charge is 0.470 e. The topological polar surface area (TPSA) is 92.9 Å². The quantitative estimate of drug-likeness (QED) is 0.257. The van der Waals surface area contributed by atoms with Gasteiger partial charge in [0.05, 0.1) is 22.3 Å². The van der Waals surface area contributed by atoms with E-state index in [0.29, 0.717) is 35.7 Å². The molecule has 34 heavy (non-hydrogen) atoms. The van der Waals surface area contributed by atoms with Gasteiger partial charge in [0.25, 0.3) is 5.88 Å². The third-order valence-corrected chi connectivity index (χ3v) is 5.11. The average molecular weight is 462 g/mol. The number of nitrogens with one attached hydrogen (secondary N) is 1. The van der Waals surface area contributed by atoms with Crippen LogP contribution in [0, 0.1) is 10.1 Å². The van der Waals surface area contributed by atoms with Crippen molar-refractivity contribution in [2.45, 2.75) is 26.4 Å². The summed E-state index contributed by atoms with van der Waals surface area (Å²) >= 11 is 0. The Labute approximate surface area is 200 Å². The molecule has 0 atom stereocenters. The number of likely N-dealkylation sites (N-methyl/N-ethyl adjacent to an activating group) is 1. The van der Waals surface area contributed by atoms with Crippen molar-refractivity contribution in [1.29, 1.82) is 0 Å². The van der Waals surface area contributed by atoms with Crippen LogP contribution in [-0.4, -0.2) is 54.3 Å². The molecular weight excluding hydrogens is 430 g/mol. The minimum absolute atomic E-state index is 0.00183. The Balaban J connectivity index is 2.36. The molecule has 1 heterocycles. The Hall–Kier alpha value is -3.78. The number of nitro groups is 1. The maximum absolute atomic E-state index is 12.2. The van der Waals surface area contributed by atoms with Crippen LogP contribution in [-0.2, 0) is 6.42 Å². The monoisotopic (exact) mass is 461 g/mol. The fourth-order valence-electron chi connectivity index (χ4n) is 3.55. The highest BCUT2D eigenvalue weighted by molar-refractivity contribution is 6.14. The molecule has 0 fully saturated rings. The summed E-state index contributed by atoms with van der Waals surface area (Å²) in [6, 6.07) is 19.6. The number of hydrogen-bond donors (Lipinski definition) is 1. The van der Waals surface area contributed by atoms with Gasteiger partial charge in [-0.3, -0.25) is 10.1 Å². The molecule has 0 radical (unpaired) electrons. The lowest BCUT2D eigenvalue weighted by molar-refractivity contribution is -0.387. The Morgan fingerprint density at radius 3 is 2.09 bits per heavy atom. The van der Waals surface area contributed by atoms with Crippen molar-refractivity contribution in [1.82, 2.24) is 9.88 Å². The molecule has 178 valence electrons. The SMILES string of the molecule is CNc1nc(OC(C)C)c([N+](=O)[O-])c(CCN(C)C)c1N=C(c1ccccc1)c1ccccc1. The molecule has 0 aliphatic carbocycles. The second-order valence-corrected chi connectivity index (χ2v) is 8.36. The summed E-state index contributed by atoms with van der Waals surface area (Å²) < 4.78 is 5.77. The van der Waals surface area contributed by atoms with Crippen LogP contribution in [0.15, 0.2) is 65.7 Å². The first kappa shape index (κ1) is 24.9. The van der Waals surface area contributed by atoms with Crippen LogP contribution in [0.5, 0.6) is 5.88 Å². The van der Waals surface area contributed by atoms with Crippen LogP contribution in [0.4, 0.5) is 17.2 Å². The zero-order chi connectivity index (χ0) is 24.7. The van der Waals surface area contributed by atoms with E-state index in [1.54, 1.807) is 7.05 Å². The Bertz CT molecular complexity index is 1100. The van der Waals surface area contributed by atoms with Gasteiger partial charge < -0.3 is 15.0 Å². The van der Waals surface area contributed by atoms with Crippen LogP contribution in [0.1, 0.15) is 30.5 Å². The normalized spacial score (nSPS) is 10.9. The molecule has 0 spiro atoms. The fraction of sp³-hybridized carbons (Fsp3) is 0.308. The maximum atomic E-state index is 12.2. The fourth-order valence-corrected chi connectivity index (χ4v) is 3.55. The zero-order valence-corrected chi connectivity index (χ0v) is 20.3. The number of rotatable bonds is 10. The first-order chi connectivity index (χ1) is 16.3.